The highest BCUT2D eigenvalue weighted by molar-refractivity contribution is 7.89. The minimum absolute atomic E-state index is 0.0771. The van der Waals surface area contributed by atoms with Crippen molar-refractivity contribution in [3.05, 3.63) is 12.4 Å². The summed E-state index contributed by atoms with van der Waals surface area (Å²) in [6.07, 6.45) is 3.56. The highest BCUT2D eigenvalue weighted by atomic mass is 32.2. The maximum atomic E-state index is 11.8. The monoisotopic (exact) mass is 258 g/mol. The molecule has 0 unspecified atom stereocenters. The van der Waals surface area contributed by atoms with Gasteiger partial charge in [-0.2, -0.15) is 0 Å². The van der Waals surface area contributed by atoms with Gasteiger partial charge in [0.15, 0.2) is 0 Å². The summed E-state index contributed by atoms with van der Waals surface area (Å²) in [5.74, 6) is 0.440. The van der Waals surface area contributed by atoms with Gasteiger partial charge in [-0.1, -0.05) is 6.92 Å². The molecule has 0 saturated carbocycles. The molecule has 0 amide bonds. The number of sulfonamides is 1. The Balaban J connectivity index is 2.80. The van der Waals surface area contributed by atoms with Crippen molar-refractivity contribution in [1.82, 2.24) is 14.7 Å². The molecule has 0 aliphatic heterocycles. The van der Waals surface area contributed by atoms with Crippen LogP contribution in [0.5, 0.6) is 0 Å². The van der Waals surface area contributed by atoms with Gasteiger partial charge in [0.25, 0.3) is 0 Å². The van der Waals surface area contributed by atoms with Crippen LogP contribution in [0.2, 0.25) is 0 Å². The molecule has 1 aromatic rings. The molecule has 1 rings (SSSR count). The van der Waals surface area contributed by atoms with Crippen molar-refractivity contribution in [3.8, 4) is 0 Å². The predicted octanol–water partition coefficient (Wildman–Crippen LogP) is 0.985. The fourth-order valence-electron chi connectivity index (χ4n) is 1.16. The van der Waals surface area contributed by atoms with E-state index in [9.17, 15) is 8.42 Å². The van der Waals surface area contributed by atoms with Gasteiger partial charge >= 0.3 is 0 Å². The summed E-state index contributed by atoms with van der Waals surface area (Å²) in [6.45, 7) is 6.31. The number of hydrogen-bond donors (Lipinski definition) is 2. The number of aromatic nitrogens is 2. The Morgan fingerprint density at radius 2 is 1.88 bits per heavy atom. The van der Waals surface area contributed by atoms with Gasteiger partial charge in [-0.15, -0.1) is 0 Å². The molecule has 0 fully saturated rings. The SMILES string of the molecule is CCCNc1ncc(S(=O)(=O)NC(C)C)cn1. The minimum atomic E-state index is -3.50. The summed E-state index contributed by atoms with van der Waals surface area (Å²) in [7, 11) is -3.50. The van der Waals surface area contributed by atoms with Crippen LogP contribution in [0.3, 0.4) is 0 Å². The van der Waals surface area contributed by atoms with Crippen LogP contribution in [0.25, 0.3) is 0 Å². The number of rotatable bonds is 6. The van der Waals surface area contributed by atoms with Crippen molar-refractivity contribution in [3.63, 3.8) is 0 Å². The van der Waals surface area contributed by atoms with Crippen molar-refractivity contribution in [1.29, 1.82) is 0 Å². The second-order valence-electron chi connectivity index (χ2n) is 3.95. The lowest BCUT2D eigenvalue weighted by molar-refractivity contribution is 0.569. The van der Waals surface area contributed by atoms with E-state index < -0.39 is 10.0 Å². The molecule has 0 aromatic carbocycles. The Bertz CT molecular complexity index is 442. The van der Waals surface area contributed by atoms with Gasteiger partial charge in [-0.25, -0.2) is 23.1 Å². The maximum Gasteiger partial charge on any atom is 0.243 e. The third-order valence-corrected chi connectivity index (χ3v) is 3.48. The summed E-state index contributed by atoms with van der Waals surface area (Å²) >= 11 is 0. The van der Waals surface area contributed by atoms with Gasteiger partial charge < -0.3 is 5.32 Å². The topological polar surface area (TPSA) is 84.0 Å². The van der Waals surface area contributed by atoms with Crippen molar-refractivity contribution >= 4 is 16.0 Å². The van der Waals surface area contributed by atoms with E-state index in [4.69, 9.17) is 0 Å². The van der Waals surface area contributed by atoms with Crippen LogP contribution in [-0.4, -0.2) is 31.0 Å². The molecule has 2 N–H and O–H groups in total. The fourth-order valence-corrected chi connectivity index (χ4v) is 2.30. The van der Waals surface area contributed by atoms with E-state index in [-0.39, 0.29) is 10.9 Å². The molecule has 96 valence electrons. The van der Waals surface area contributed by atoms with Crippen molar-refractivity contribution in [2.45, 2.75) is 38.1 Å². The third kappa shape index (κ3) is 4.27. The molecule has 6 nitrogen and oxygen atoms in total. The Morgan fingerprint density at radius 3 is 2.35 bits per heavy atom. The molecule has 0 aliphatic carbocycles. The molecule has 0 spiro atoms. The Labute approximate surface area is 102 Å². The summed E-state index contributed by atoms with van der Waals surface area (Å²) in [6, 6.07) is -0.155. The van der Waals surface area contributed by atoms with Crippen molar-refractivity contribution in [2.24, 2.45) is 0 Å². The van der Waals surface area contributed by atoms with Gasteiger partial charge in [0.1, 0.15) is 4.90 Å². The molecule has 0 saturated heterocycles. The molecule has 7 heteroatoms. The maximum absolute atomic E-state index is 11.8. The zero-order chi connectivity index (χ0) is 12.9. The van der Waals surface area contributed by atoms with Gasteiger partial charge in [-0.3, -0.25) is 0 Å². The Kier molecular flexibility index (Phi) is 4.83. The second kappa shape index (κ2) is 5.92. The number of hydrogen-bond acceptors (Lipinski definition) is 5. The lowest BCUT2D eigenvalue weighted by atomic mass is 10.4. The minimum Gasteiger partial charge on any atom is -0.354 e. The first-order valence-corrected chi connectivity index (χ1v) is 7.02. The summed E-state index contributed by atoms with van der Waals surface area (Å²) < 4.78 is 26.0. The fraction of sp³-hybridized carbons (Fsp3) is 0.600. The zero-order valence-electron chi connectivity index (χ0n) is 10.3. The highest BCUT2D eigenvalue weighted by Gasteiger charge is 2.16. The van der Waals surface area contributed by atoms with E-state index in [1.165, 1.54) is 12.4 Å². The molecule has 0 bridgehead atoms. The number of nitrogens with zero attached hydrogens (tertiary/aromatic N) is 2. The summed E-state index contributed by atoms with van der Waals surface area (Å²) in [4.78, 5) is 7.97. The first-order chi connectivity index (χ1) is 7.95. The molecule has 1 aromatic heterocycles. The van der Waals surface area contributed by atoms with Gasteiger partial charge in [-0.05, 0) is 20.3 Å². The lowest BCUT2D eigenvalue weighted by Crippen LogP contribution is -2.30. The van der Waals surface area contributed by atoms with E-state index in [2.05, 4.69) is 20.0 Å². The molecule has 0 atom stereocenters. The van der Waals surface area contributed by atoms with Crippen LogP contribution in [0, 0.1) is 0 Å². The average molecular weight is 258 g/mol. The van der Waals surface area contributed by atoms with E-state index >= 15 is 0 Å². The molecule has 0 radical (unpaired) electrons. The first-order valence-electron chi connectivity index (χ1n) is 5.54. The molecule has 0 aliphatic rings. The Hall–Kier alpha value is -1.21. The average Bonchev–Trinajstić information content (AvgIpc) is 2.25. The van der Waals surface area contributed by atoms with Crippen LogP contribution in [-0.2, 0) is 10.0 Å². The third-order valence-electron chi connectivity index (χ3n) is 1.86. The Morgan fingerprint density at radius 1 is 1.29 bits per heavy atom. The smallest absolute Gasteiger partial charge is 0.243 e. The van der Waals surface area contributed by atoms with Crippen LogP contribution in [0.1, 0.15) is 27.2 Å². The number of anilines is 1. The van der Waals surface area contributed by atoms with E-state index in [0.29, 0.717) is 5.95 Å². The predicted molar refractivity (Wildman–Crippen MR) is 66.3 cm³/mol. The summed E-state index contributed by atoms with van der Waals surface area (Å²) in [5.41, 5.74) is 0. The molecular formula is C10H18N4O2S. The van der Waals surface area contributed by atoms with Crippen LogP contribution >= 0.6 is 0 Å². The van der Waals surface area contributed by atoms with Crippen molar-refractivity contribution < 1.29 is 8.42 Å². The largest absolute Gasteiger partial charge is 0.354 e. The van der Waals surface area contributed by atoms with E-state index in [0.717, 1.165) is 13.0 Å². The lowest BCUT2D eigenvalue weighted by Gasteiger charge is -2.09. The molecule has 1 heterocycles. The van der Waals surface area contributed by atoms with Crippen LogP contribution in [0.4, 0.5) is 5.95 Å². The molecular weight excluding hydrogens is 240 g/mol. The number of nitrogens with one attached hydrogen (secondary N) is 2. The van der Waals surface area contributed by atoms with Crippen LogP contribution < -0.4 is 10.0 Å². The highest BCUT2D eigenvalue weighted by Crippen LogP contribution is 2.07. The molecule has 17 heavy (non-hydrogen) atoms. The van der Waals surface area contributed by atoms with E-state index in [1.807, 2.05) is 6.92 Å². The van der Waals surface area contributed by atoms with Gasteiger partial charge in [0, 0.05) is 12.6 Å². The normalized spacial score (nSPS) is 11.8. The van der Waals surface area contributed by atoms with Crippen molar-refractivity contribution in [2.75, 3.05) is 11.9 Å². The van der Waals surface area contributed by atoms with E-state index in [1.54, 1.807) is 13.8 Å². The quantitative estimate of drug-likeness (QED) is 0.794. The second-order valence-corrected chi connectivity index (χ2v) is 5.66. The summed E-state index contributed by atoms with van der Waals surface area (Å²) in [5, 5.41) is 2.98. The zero-order valence-corrected chi connectivity index (χ0v) is 11.1. The first kappa shape index (κ1) is 13.9. The van der Waals surface area contributed by atoms with Gasteiger partial charge in [0.2, 0.25) is 16.0 Å². The standard InChI is InChI=1S/C10H18N4O2S/c1-4-5-11-10-12-6-9(7-13-10)17(15,16)14-8(2)3/h6-8,14H,4-5H2,1-3H3,(H,11,12,13). The van der Waals surface area contributed by atoms with Gasteiger partial charge in [0.05, 0.1) is 12.4 Å². The van der Waals surface area contributed by atoms with Crippen LogP contribution in [0.15, 0.2) is 17.3 Å².